The largest absolute Gasteiger partial charge is 0.342 e. The Morgan fingerprint density at radius 2 is 1.81 bits per heavy atom. The quantitative estimate of drug-likeness (QED) is 0.917. The molecule has 1 fully saturated rings. The van der Waals surface area contributed by atoms with Gasteiger partial charge in [0.15, 0.2) is 11.6 Å². The molecule has 1 aliphatic carbocycles. The molecule has 1 aliphatic rings. The van der Waals surface area contributed by atoms with E-state index in [1.807, 2.05) is 37.3 Å². The third-order valence-corrected chi connectivity index (χ3v) is 4.13. The summed E-state index contributed by atoms with van der Waals surface area (Å²) in [6.45, 7) is 2.02. The molecule has 0 bridgehead atoms. The number of hydrogen-bond donors (Lipinski definition) is 1. The number of hydrogen-bond acceptors (Lipinski definition) is 1. The van der Waals surface area contributed by atoms with E-state index in [0.29, 0.717) is 0 Å². The van der Waals surface area contributed by atoms with Crippen molar-refractivity contribution in [2.45, 2.75) is 18.9 Å². The van der Waals surface area contributed by atoms with Gasteiger partial charge in [-0.15, -0.1) is 0 Å². The molecule has 1 amide bonds. The normalized spacial score (nSPS) is 23.7. The first-order valence-electron chi connectivity index (χ1n) is 6.86. The van der Waals surface area contributed by atoms with E-state index in [0.717, 1.165) is 18.1 Å². The van der Waals surface area contributed by atoms with Crippen molar-refractivity contribution in [3.63, 3.8) is 0 Å². The summed E-state index contributed by atoms with van der Waals surface area (Å²) >= 11 is 0. The highest BCUT2D eigenvalue weighted by Crippen LogP contribution is 2.51. The number of benzene rings is 2. The fourth-order valence-corrected chi connectivity index (χ4v) is 2.76. The summed E-state index contributed by atoms with van der Waals surface area (Å²) in [7, 11) is 0. The first kappa shape index (κ1) is 13.7. The average Bonchev–Trinajstić information content (AvgIpc) is 3.14. The highest BCUT2D eigenvalue weighted by atomic mass is 19.2. The minimum absolute atomic E-state index is 0.260. The van der Waals surface area contributed by atoms with Gasteiger partial charge in [0.1, 0.15) is 0 Å². The first-order valence-corrected chi connectivity index (χ1v) is 6.86. The summed E-state index contributed by atoms with van der Waals surface area (Å²) in [5.41, 5.74) is 0.254. The van der Waals surface area contributed by atoms with Gasteiger partial charge in [-0.3, -0.25) is 4.79 Å². The van der Waals surface area contributed by atoms with Gasteiger partial charge in [-0.1, -0.05) is 43.3 Å². The van der Waals surface area contributed by atoms with Crippen LogP contribution in [0, 0.1) is 17.6 Å². The van der Waals surface area contributed by atoms with Crippen LogP contribution in [-0.4, -0.2) is 5.91 Å². The van der Waals surface area contributed by atoms with E-state index in [-0.39, 0.29) is 11.5 Å². The number of halogens is 2. The minimum Gasteiger partial charge on any atom is -0.342 e. The predicted octanol–water partition coefficient (Wildman–Crippen LogP) is 3.63. The Balaban J connectivity index is 1.89. The van der Waals surface area contributed by atoms with Gasteiger partial charge in [0.25, 0.3) is 5.91 Å². The molecule has 1 saturated carbocycles. The summed E-state index contributed by atoms with van der Waals surface area (Å²) in [6, 6.07) is 13.2. The maximum atomic E-state index is 13.7. The van der Waals surface area contributed by atoms with Crippen molar-refractivity contribution < 1.29 is 13.6 Å². The zero-order valence-corrected chi connectivity index (χ0v) is 11.6. The molecule has 0 aliphatic heterocycles. The van der Waals surface area contributed by atoms with E-state index < -0.39 is 23.1 Å². The van der Waals surface area contributed by atoms with Crippen LogP contribution in [0.4, 0.5) is 8.78 Å². The lowest BCUT2D eigenvalue weighted by molar-refractivity contribution is 0.0922. The molecule has 0 saturated heterocycles. The zero-order valence-electron chi connectivity index (χ0n) is 11.6. The first-order chi connectivity index (χ1) is 10.0. The number of carbonyl (C=O) groups excluding carboxylic acids is 1. The molecule has 1 N–H and O–H groups in total. The highest BCUT2D eigenvalue weighted by molar-refractivity contribution is 5.95. The van der Waals surface area contributed by atoms with Gasteiger partial charge in [0, 0.05) is 0 Å². The van der Waals surface area contributed by atoms with E-state index in [2.05, 4.69) is 5.32 Å². The van der Waals surface area contributed by atoms with Crippen molar-refractivity contribution in [1.82, 2.24) is 5.32 Å². The van der Waals surface area contributed by atoms with Crippen LogP contribution in [0.15, 0.2) is 48.5 Å². The van der Waals surface area contributed by atoms with Gasteiger partial charge in [0.2, 0.25) is 0 Å². The minimum atomic E-state index is -1.11. The van der Waals surface area contributed by atoms with Gasteiger partial charge in [-0.2, -0.15) is 0 Å². The van der Waals surface area contributed by atoms with Crippen LogP contribution in [0.1, 0.15) is 29.3 Å². The molecule has 4 heteroatoms. The Morgan fingerprint density at radius 3 is 2.43 bits per heavy atom. The van der Waals surface area contributed by atoms with Gasteiger partial charge in [-0.25, -0.2) is 8.78 Å². The maximum Gasteiger partial charge on any atom is 0.255 e. The van der Waals surface area contributed by atoms with E-state index in [9.17, 15) is 13.6 Å². The Labute approximate surface area is 121 Å². The predicted molar refractivity (Wildman–Crippen MR) is 75.7 cm³/mol. The number of carbonyl (C=O) groups is 1. The Hall–Kier alpha value is -2.23. The van der Waals surface area contributed by atoms with Gasteiger partial charge < -0.3 is 5.32 Å². The molecule has 0 spiro atoms. The lowest BCUT2D eigenvalue weighted by atomic mass is 10.0. The fourth-order valence-electron chi connectivity index (χ4n) is 2.76. The highest BCUT2D eigenvalue weighted by Gasteiger charge is 2.53. The number of amides is 1. The number of nitrogens with one attached hydrogen (secondary N) is 1. The van der Waals surface area contributed by atoms with Crippen LogP contribution in [0.2, 0.25) is 0 Å². The molecular weight excluding hydrogens is 272 g/mol. The molecule has 2 nitrogen and oxygen atoms in total. The van der Waals surface area contributed by atoms with Gasteiger partial charge >= 0.3 is 0 Å². The van der Waals surface area contributed by atoms with Crippen LogP contribution in [0.5, 0.6) is 0 Å². The third kappa shape index (κ3) is 2.31. The third-order valence-electron chi connectivity index (χ3n) is 4.13. The van der Waals surface area contributed by atoms with Crippen LogP contribution < -0.4 is 5.32 Å². The Bertz CT molecular complexity index is 686. The Kier molecular flexibility index (Phi) is 3.24. The van der Waals surface area contributed by atoms with Crippen molar-refractivity contribution in [2.24, 2.45) is 5.92 Å². The van der Waals surface area contributed by atoms with E-state index in [4.69, 9.17) is 0 Å². The monoisotopic (exact) mass is 287 g/mol. The summed E-state index contributed by atoms with van der Waals surface area (Å²) in [4.78, 5) is 12.3. The molecule has 0 heterocycles. The van der Waals surface area contributed by atoms with E-state index >= 15 is 0 Å². The van der Waals surface area contributed by atoms with Gasteiger partial charge in [0.05, 0.1) is 11.1 Å². The fraction of sp³-hybridized carbons (Fsp3) is 0.235. The van der Waals surface area contributed by atoms with Crippen molar-refractivity contribution in [2.75, 3.05) is 0 Å². The smallest absolute Gasteiger partial charge is 0.255 e. The van der Waals surface area contributed by atoms with Gasteiger partial charge in [-0.05, 0) is 30.0 Å². The number of rotatable bonds is 3. The summed E-state index contributed by atoms with van der Waals surface area (Å²) in [5.74, 6) is -2.44. The summed E-state index contributed by atoms with van der Waals surface area (Å²) in [6.07, 6.45) is 0.791. The molecule has 2 aromatic carbocycles. The standard InChI is InChI=1S/C17H15F2NO/c1-11-10-17(11,12-6-3-2-4-7-12)20-16(21)13-8-5-9-14(18)15(13)19/h2-9,11H,10H2,1H3,(H,20,21). The van der Waals surface area contributed by atoms with Crippen molar-refractivity contribution >= 4 is 5.91 Å². The van der Waals surface area contributed by atoms with Crippen LogP contribution in [-0.2, 0) is 5.54 Å². The molecule has 2 unspecified atom stereocenters. The summed E-state index contributed by atoms with van der Waals surface area (Å²) < 4.78 is 26.9. The van der Waals surface area contributed by atoms with Crippen molar-refractivity contribution in [1.29, 1.82) is 0 Å². The van der Waals surface area contributed by atoms with Crippen LogP contribution in [0.3, 0.4) is 0 Å². The zero-order chi connectivity index (χ0) is 15.0. The second-order valence-electron chi connectivity index (χ2n) is 5.50. The lowest BCUT2D eigenvalue weighted by Crippen LogP contribution is -2.36. The SMILES string of the molecule is CC1CC1(NC(=O)c1cccc(F)c1F)c1ccccc1. The Morgan fingerprint density at radius 1 is 1.14 bits per heavy atom. The van der Waals surface area contributed by atoms with Crippen molar-refractivity contribution in [3.8, 4) is 0 Å². The maximum absolute atomic E-state index is 13.7. The van der Waals surface area contributed by atoms with Crippen LogP contribution >= 0.6 is 0 Å². The van der Waals surface area contributed by atoms with Crippen molar-refractivity contribution in [3.05, 3.63) is 71.3 Å². The molecule has 3 rings (SSSR count). The second-order valence-corrected chi connectivity index (χ2v) is 5.50. The summed E-state index contributed by atoms with van der Waals surface area (Å²) in [5, 5.41) is 2.87. The second kappa shape index (κ2) is 4.95. The molecule has 21 heavy (non-hydrogen) atoms. The van der Waals surface area contributed by atoms with Crippen LogP contribution in [0.25, 0.3) is 0 Å². The molecule has 108 valence electrons. The molecule has 2 atom stereocenters. The van der Waals surface area contributed by atoms with E-state index in [1.54, 1.807) is 0 Å². The molecule has 2 aromatic rings. The lowest BCUT2D eigenvalue weighted by Gasteiger charge is -2.19. The average molecular weight is 287 g/mol. The molecule has 0 radical (unpaired) electrons. The van der Waals surface area contributed by atoms with E-state index in [1.165, 1.54) is 12.1 Å². The topological polar surface area (TPSA) is 29.1 Å². The molecule has 0 aromatic heterocycles. The molecular formula is C17H15F2NO.